The molecular weight excluding hydrogens is 416 g/mol. The highest BCUT2D eigenvalue weighted by Gasteiger charge is 2.41. The molecule has 8 heteroatoms. The summed E-state index contributed by atoms with van der Waals surface area (Å²) in [5, 5.41) is 0.722. The molecule has 0 unspecified atom stereocenters. The first kappa shape index (κ1) is 21.6. The predicted octanol–water partition coefficient (Wildman–Crippen LogP) is 3.60. The second-order valence-corrected chi connectivity index (χ2v) is 8.66. The van der Waals surface area contributed by atoms with E-state index in [1.54, 1.807) is 23.1 Å². The van der Waals surface area contributed by atoms with Crippen molar-refractivity contribution in [2.24, 2.45) is 5.73 Å². The van der Waals surface area contributed by atoms with Crippen molar-refractivity contribution >= 4 is 29.4 Å². The lowest BCUT2D eigenvalue weighted by Gasteiger charge is -2.42. The highest BCUT2D eigenvalue weighted by Crippen LogP contribution is 2.41. The van der Waals surface area contributed by atoms with Crippen molar-refractivity contribution in [1.82, 2.24) is 9.88 Å². The molecule has 2 amide bonds. The molecule has 0 atom stereocenters. The van der Waals surface area contributed by atoms with E-state index < -0.39 is 5.97 Å². The number of urea groups is 1. The number of hydrogen-bond donors (Lipinski definition) is 1. The average Bonchev–Trinajstić information content (AvgIpc) is 3.20. The number of benzene rings is 1. The number of nitrogens with two attached hydrogens (primary N) is 1. The van der Waals surface area contributed by atoms with Crippen molar-refractivity contribution in [3.8, 4) is 0 Å². The Labute approximate surface area is 187 Å². The third-order valence-electron chi connectivity index (χ3n) is 6.63. The summed E-state index contributed by atoms with van der Waals surface area (Å²) in [4.78, 5) is 32.8. The number of nitrogens with zero attached hydrogens (tertiary/aromatic N) is 3. The third-order valence-corrected chi connectivity index (χ3v) is 6.86. The lowest BCUT2D eigenvalue weighted by atomic mass is 9.68. The van der Waals surface area contributed by atoms with Crippen LogP contribution in [0.4, 0.5) is 10.6 Å². The van der Waals surface area contributed by atoms with Gasteiger partial charge in [0.25, 0.3) is 0 Å². The molecule has 2 aromatic rings. The summed E-state index contributed by atoms with van der Waals surface area (Å²) in [7, 11) is 1.31. The molecule has 2 heterocycles. The number of halogens is 1. The molecule has 31 heavy (non-hydrogen) atoms. The number of pyridine rings is 1. The topological polar surface area (TPSA) is 88.8 Å². The minimum atomic E-state index is -0.517. The average molecular weight is 443 g/mol. The van der Waals surface area contributed by atoms with E-state index >= 15 is 0 Å². The van der Waals surface area contributed by atoms with E-state index in [4.69, 9.17) is 22.1 Å². The molecule has 1 saturated carbocycles. The molecule has 0 bridgehead atoms. The van der Waals surface area contributed by atoms with Gasteiger partial charge in [0.05, 0.1) is 7.11 Å². The number of carbonyl (C=O) groups excluding carboxylic acids is 2. The number of amides is 2. The summed E-state index contributed by atoms with van der Waals surface area (Å²) in [5.74, 6) is -0.0433. The quantitative estimate of drug-likeness (QED) is 0.714. The largest absolute Gasteiger partial charge is 0.464 e. The highest BCUT2D eigenvalue weighted by molar-refractivity contribution is 6.30. The Balaban J connectivity index is 1.45. The highest BCUT2D eigenvalue weighted by atomic mass is 35.5. The Kier molecular flexibility index (Phi) is 6.16. The maximum Gasteiger partial charge on any atom is 0.356 e. The summed E-state index contributed by atoms with van der Waals surface area (Å²) in [6.07, 6.45) is 3.60. The Morgan fingerprint density at radius 1 is 1.23 bits per heavy atom. The van der Waals surface area contributed by atoms with Gasteiger partial charge in [-0.2, -0.15) is 0 Å². The van der Waals surface area contributed by atoms with Crippen LogP contribution < -0.4 is 10.6 Å². The van der Waals surface area contributed by atoms with E-state index in [-0.39, 0.29) is 23.2 Å². The van der Waals surface area contributed by atoms with Gasteiger partial charge >= 0.3 is 12.0 Å². The lowest BCUT2D eigenvalue weighted by Crippen LogP contribution is -2.47. The molecule has 2 N–H and O–H groups in total. The molecule has 0 spiro atoms. The second kappa shape index (κ2) is 8.85. The Hall–Kier alpha value is -2.64. The van der Waals surface area contributed by atoms with Crippen molar-refractivity contribution in [3.63, 3.8) is 0 Å². The minimum absolute atomic E-state index is 0.0671. The van der Waals surface area contributed by atoms with Gasteiger partial charge in [0.1, 0.15) is 5.82 Å². The van der Waals surface area contributed by atoms with Gasteiger partial charge in [-0.1, -0.05) is 29.8 Å². The fraction of sp³-hybridized carbons (Fsp3) is 0.435. The van der Waals surface area contributed by atoms with Gasteiger partial charge in [0.15, 0.2) is 5.69 Å². The summed E-state index contributed by atoms with van der Waals surface area (Å²) in [5.41, 5.74) is 7.49. The van der Waals surface area contributed by atoms with Crippen LogP contribution >= 0.6 is 11.6 Å². The molecule has 1 aromatic heterocycles. The van der Waals surface area contributed by atoms with E-state index in [2.05, 4.69) is 11.1 Å². The maximum atomic E-state index is 13.2. The summed E-state index contributed by atoms with van der Waals surface area (Å²) in [6, 6.07) is 13.1. The number of methoxy groups -OCH3 is 1. The number of carbonyl (C=O) groups is 2. The normalized spacial score (nSPS) is 23.8. The molecule has 4 rings (SSSR count). The summed E-state index contributed by atoms with van der Waals surface area (Å²) in [6.45, 7) is 1.74. The van der Waals surface area contributed by atoms with E-state index in [0.29, 0.717) is 25.5 Å². The first-order valence-corrected chi connectivity index (χ1v) is 10.9. The smallest absolute Gasteiger partial charge is 0.356 e. The molecule has 1 aromatic carbocycles. The molecule has 164 valence electrons. The number of esters is 1. The first-order valence-electron chi connectivity index (χ1n) is 10.6. The minimum Gasteiger partial charge on any atom is -0.464 e. The van der Waals surface area contributed by atoms with E-state index in [9.17, 15) is 9.59 Å². The lowest BCUT2D eigenvalue weighted by molar-refractivity contribution is 0.0594. The van der Waals surface area contributed by atoms with Crippen LogP contribution in [0.1, 0.15) is 41.7 Å². The molecule has 1 aliphatic heterocycles. The summed E-state index contributed by atoms with van der Waals surface area (Å²) >= 11 is 6.21. The van der Waals surface area contributed by atoms with E-state index in [1.807, 2.05) is 23.1 Å². The molecule has 1 aliphatic carbocycles. The van der Waals surface area contributed by atoms with Crippen molar-refractivity contribution in [3.05, 3.63) is 58.7 Å². The van der Waals surface area contributed by atoms with Gasteiger partial charge < -0.3 is 15.4 Å². The maximum absolute atomic E-state index is 13.2. The van der Waals surface area contributed by atoms with Gasteiger partial charge in [-0.05, 0) is 55.5 Å². The number of hydrogen-bond acceptors (Lipinski definition) is 5. The van der Waals surface area contributed by atoms with Crippen LogP contribution in [0.15, 0.2) is 42.5 Å². The second-order valence-electron chi connectivity index (χ2n) is 8.23. The molecule has 2 fully saturated rings. The van der Waals surface area contributed by atoms with Crippen molar-refractivity contribution in [2.45, 2.75) is 37.1 Å². The van der Waals surface area contributed by atoms with Crippen LogP contribution in [0.2, 0.25) is 5.02 Å². The van der Waals surface area contributed by atoms with Crippen molar-refractivity contribution in [1.29, 1.82) is 0 Å². The fourth-order valence-electron chi connectivity index (χ4n) is 4.79. The van der Waals surface area contributed by atoms with Crippen molar-refractivity contribution < 1.29 is 14.3 Å². The number of aromatic nitrogens is 1. The SMILES string of the molecule is COC(=O)c1cccc(N2CCN([C@H]3CC[C@](CN)(c4cccc(Cl)c4)CC3)C2=O)n1. The standard InChI is InChI=1S/C23H27ClN4O3/c1-31-21(29)19-6-3-7-20(26-19)28-13-12-27(22(28)30)18-8-10-23(15-25,11-9-18)16-4-2-5-17(24)14-16/h2-7,14,18H,8-13,15,25H2,1H3/t18-,23-. The molecular formula is C23H27ClN4O3. The van der Waals surface area contributed by atoms with Crippen LogP contribution in [0, 0.1) is 0 Å². The van der Waals surface area contributed by atoms with Crippen molar-refractivity contribution in [2.75, 3.05) is 31.6 Å². The Morgan fingerprint density at radius 2 is 1.97 bits per heavy atom. The first-order chi connectivity index (χ1) is 15.0. The van der Waals surface area contributed by atoms with E-state index in [1.165, 1.54) is 12.7 Å². The fourth-order valence-corrected chi connectivity index (χ4v) is 4.98. The number of rotatable bonds is 5. The Bertz CT molecular complexity index is 975. The molecule has 2 aliphatic rings. The zero-order chi connectivity index (χ0) is 22.0. The molecule has 1 saturated heterocycles. The van der Waals surface area contributed by atoms with Gasteiger partial charge in [-0.25, -0.2) is 14.6 Å². The zero-order valence-corrected chi connectivity index (χ0v) is 18.3. The van der Waals surface area contributed by atoms with Crippen LogP contribution in [-0.4, -0.2) is 54.7 Å². The molecule has 7 nitrogen and oxygen atoms in total. The Morgan fingerprint density at radius 3 is 2.65 bits per heavy atom. The van der Waals surface area contributed by atoms with Crippen LogP contribution in [0.3, 0.4) is 0 Å². The third kappa shape index (κ3) is 4.12. The molecule has 0 radical (unpaired) electrons. The van der Waals surface area contributed by atoms with Crippen LogP contribution in [-0.2, 0) is 10.2 Å². The van der Waals surface area contributed by atoms with Gasteiger partial charge in [-0.3, -0.25) is 4.90 Å². The monoisotopic (exact) mass is 442 g/mol. The summed E-state index contributed by atoms with van der Waals surface area (Å²) < 4.78 is 4.74. The van der Waals surface area contributed by atoms with E-state index in [0.717, 1.165) is 30.7 Å². The van der Waals surface area contributed by atoms with Crippen LogP contribution in [0.25, 0.3) is 0 Å². The van der Waals surface area contributed by atoms with Crippen LogP contribution in [0.5, 0.6) is 0 Å². The van der Waals surface area contributed by atoms with Gasteiger partial charge in [-0.15, -0.1) is 0 Å². The van der Waals surface area contributed by atoms with Gasteiger partial charge in [0, 0.05) is 36.1 Å². The zero-order valence-electron chi connectivity index (χ0n) is 17.6. The number of ether oxygens (including phenoxy) is 1. The van der Waals surface area contributed by atoms with Gasteiger partial charge in [0.2, 0.25) is 0 Å². The predicted molar refractivity (Wildman–Crippen MR) is 119 cm³/mol. The number of anilines is 1.